The van der Waals surface area contributed by atoms with Gasteiger partial charge in [-0.2, -0.15) is 0 Å². The van der Waals surface area contributed by atoms with Gasteiger partial charge in [0.15, 0.2) is 29.4 Å². The van der Waals surface area contributed by atoms with E-state index in [0.717, 1.165) is 53.9 Å². The van der Waals surface area contributed by atoms with Gasteiger partial charge in [-0.3, -0.25) is 4.79 Å². The molecule has 0 spiro atoms. The largest absolute Gasteiger partial charge is 0.428 e. The standard InChI is InChI=1S/C31H33O2S.C18H15S.2C6H4NO4S2/c1-21-13-28(34(26-9-5-3-6-10-26)27-11-7-4-8-12-27)14-22(2)29(21)33-30(32)31-18-23-15-24(19-31)17-25(16-23)20-31;1-4-10-16(11-5-1)19(17-12-6-2-7-13-17)18-14-8-3-9-15-18;2*8-12(9)5-3-1-2-4-6(5)13(10,11)7-12/h3-14,23-25H,15-20H2,1-2H3;1-15H;2*1-4H/q2*+1;2*-1. The van der Waals surface area contributed by atoms with Gasteiger partial charge < -0.3 is 13.0 Å². The van der Waals surface area contributed by atoms with Gasteiger partial charge in [-0.15, -0.1) is 0 Å². The van der Waals surface area contributed by atoms with Crippen molar-refractivity contribution < 1.29 is 43.2 Å². The van der Waals surface area contributed by atoms with Gasteiger partial charge in [0.2, 0.25) is 0 Å². The fourth-order valence-corrected chi connectivity index (χ4v) is 22.8. The van der Waals surface area contributed by atoms with Gasteiger partial charge in [-0.05, 0) is 166 Å². The average molecular weight is 1170 g/mol. The summed E-state index contributed by atoms with van der Waals surface area (Å²) in [5, 5.41) is 0. The van der Waals surface area contributed by atoms with Crippen LogP contribution in [0.1, 0.15) is 49.7 Å². The number of carbonyl (C=O) groups excluding carboxylic acids is 1. The van der Waals surface area contributed by atoms with Crippen molar-refractivity contribution in [1.82, 2.24) is 0 Å². The molecule has 79 heavy (non-hydrogen) atoms. The Morgan fingerprint density at radius 2 is 0.633 bits per heavy atom. The molecule has 4 fully saturated rings. The van der Waals surface area contributed by atoms with Crippen molar-refractivity contribution >= 4 is 67.9 Å². The summed E-state index contributed by atoms with van der Waals surface area (Å²) in [6, 6.07) is 68.7. The van der Waals surface area contributed by atoms with Crippen molar-refractivity contribution in [1.29, 1.82) is 0 Å². The Labute approximate surface area is 469 Å². The molecule has 2 aliphatic heterocycles. The number of aryl methyl sites for hydroxylation is 2. The molecule has 2 heterocycles. The predicted octanol–water partition coefficient (Wildman–Crippen LogP) is 13.2. The number of nitrogens with zero attached hydrogens (tertiary/aromatic N) is 2. The highest BCUT2D eigenvalue weighted by Gasteiger charge is 2.56. The molecule has 6 aliphatic rings. The SMILES string of the molecule is Cc1cc([S+](c2ccccc2)c2ccccc2)cc(C)c1OC(=O)C12CC3CC(CC(C3)C1)C2.O=S1(=O)[N-]S(=O)(=O)c2ccccc21.O=S1(=O)[N-]S(=O)(=O)c2ccccc21.c1ccc([S+](c2ccccc2)c2ccccc2)cc1. The maximum Gasteiger partial charge on any atom is 0.317 e. The quantitative estimate of drug-likeness (QED) is 0.0803. The lowest BCUT2D eigenvalue weighted by Crippen LogP contribution is -2.51. The Balaban J connectivity index is 0.000000131. The number of fused-ring (bicyclic) bond motifs is 2. The molecule has 12 nitrogen and oxygen atoms in total. The highest BCUT2D eigenvalue weighted by Crippen LogP contribution is 2.60. The third-order valence-corrected chi connectivity index (χ3v) is 25.9. The monoisotopic (exact) mass is 1170 g/mol. The molecular formula is C61H56N2O10S6. The molecule has 0 saturated heterocycles. The van der Waals surface area contributed by atoms with Gasteiger partial charge in [-0.25, -0.2) is 33.7 Å². The van der Waals surface area contributed by atoms with Crippen LogP contribution >= 0.6 is 0 Å². The molecule has 8 aromatic rings. The molecule has 0 unspecified atom stereocenters. The number of ether oxygens (including phenoxy) is 1. The first kappa shape index (κ1) is 55.9. The number of esters is 1. The van der Waals surface area contributed by atoms with E-state index in [2.05, 4.69) is 186 Å². The van der Waals surface area contributed by atoms with Crippen LogP contribution in [-0.2, 0) is 66.7 Å². The number of rotatable bonds is 8. The van der Waals surface area contributed by atoms with Crippen LogP contribution in [0.2, 0.25) is 0 Å². The fraction of sp³-hybridized carbons (Fsp3) is 0.197. The Morgan fingerprint density at radius 3 is 0.899 bits per heavy atom. The normalized spacial score (nSPS) is 21.6. The lowest BCUT2D eigenvalue weighted by atomic mass is 9.49. The third-order valence-electron chi connectivity index (χ3n) is 14.4. The van der Waals surface area contributed by atoms with E-state index in [1.165, 1.54) is 97.2 Å². The summed E-state index contributed by atoms with van der Waals surface area (Å²) in [6.07, 6.45) is 7.13. The number of hydrogen-bond donors (Lipinski definition) is 0. The molecule has 14 rings (SSSR count). The topological polar surface area (TPSA) is 191 Å². The maximum absolute atomic E-state index is 13.6. The minimum atomic E-state index is -3.98. The molecule has 406 valence electrons. The van der Waals surface area contributed by atoms with Crippen molar-refractivity contribution in [2.24, 2.45) is 23.2 Å². The summed E-state index contributed by atoms with van der Waals surface area (Å²) in [5.74, 6) is 3.02. The second-order valence-electron chi connectivity index (χ2n) is 20.1. The van der Waals surface area contributed by atoms with Crippen LogP contribution in [-0.4, -0.2) is 39.6 Å². The smallest absolute Gasteiger partial charge is 0.317 e. The van der Waals surface area contributed by atoms with Crippen LogP contribution in [0.4, 0.5) is 0 Å². The summed E-state index contributed by atoms with van der Waals surface area (Å²) in [6.45, 7) is 4.19. The second-order valence-corrected chi connectivity index (χ2v) is 30.9. The molecule has 8 aromatic carbocycles. The molecule has 0 radical (unpaired) electrons. The highest BCUT2D eigenvalue weighted by molar-refractivity contribution is 8.15. The van der Waals surface area contributed by atoms with E-state index in [0.29, 0.717) is 0 Å². The summed E-state index contributed by atoms with van der Waals surface area (Å²) < 4.78 is 101. The lowest BCUT2D eigenvalue weighted by molar-refractivity contribution is -0.161. The molecule has 0 N–H and O–H groups in total. The number of hydrogen-bond acceptors (Lipinski definition) is 10. The summed E-state index contributed by atoms with van der Waals surface area (Å²) >= 11 is 0. The number of benzene rings is 8. The Kier molecular flexibility index (Phi) is 16.3. The predicted molar refractivity (Wildman–Crippen MR) is 307 cm³/mol. The number of carbonyl (C=O) groups is 1. The Bertz CT molecular complexity index is 3570. The first-order valence-electron chi connectivity index (χ1n) is 25.6. The molecule has 18 heteroatoms. The maximum atomic E-state index is 13.6. The van der Waals surface area contributed by atoms with Crippen LogP contribution in [0.25, 0.3) is 8.25 Å². The van der Waals surface area contributed by atoms with E-state index in [-0.39, 0.29) is 52.8 Å². The van der Waals surface area contributed by atoms with Crippen LogP contribution in [0, 0.1) is 37.0 Å². The van der Waals surface area contributed by atoms with Gasteiger partial charge >= 0.3 is 5.97 Å². The first-order valence-corrected chi connectivity index (χ1v) is 33.8. The van der Waals surface area contributed by atoms with Crippen LogP contribution in [0.15, 0.2) is 261 Å². The van der Waals surface area contributed by atoms with E-state index >= 15 is 0 Å². The van der Waals surface area contributed by atoms with Gasteiger partial charge in [0.25, 0.3) is 0 Å². The minimum Gasteiger partial charge on any atom is -0.428 e. The van der Waals surface area contributed by atoms with Crippen molar-refractivity contribution in [2.45, 2.75) is 101 Å². The van der Waals surface area contributed by atoms with Gasteiger partial charge in [0.1, 0.15) is 45.8 Å². The number of sulfonamides is 4. The zero-order valence-corrected chi connectivity index (χ0v) is 48.0. The molecule has 0 aromatic heterocycles. The van der Waals surface area contributed by atoms with Crippen molar-refractivity contribution in [3.63, 3.8) is 0 Å². The van der Waals surface area contributed by atoms with E-state index < -0.39 is 40.1 Å². The first-order chi connectivity index (χ1) is 37.8. The van der Waals surface area contributed by atoms with Gasteiger partial charge in [0, 0.05) is 12.1 Å². The van der Waals surface area contributed by atoms with Crippen molar-refractivity contribution in [3.8, 4) is 5.75 Å². The lowest BCUT2D eigenvalue weighted by Gasteiger charge is -2.55. The summed E-state index contributed by atoms with van der Waals surface area (Å²) in [5.41, 5.74) is 1.87. The van der Waals surface area contributed by atoms with E-state index in [4.69, 9.17) is 4.74 Å². The second kappa shape index (κ2) is 23.0. The average Bonchev–Trinajstić information content (AvgIpc) is 3.77. The molecule has 4 saturated carbocycles. The molecule has 4 bridgehead atoms. The summed E-state index contributed by atoms with van der Waals surface area (Å²) in [7, 11) is -16.1. The Morgan fingerprint density at radius 1 is 0.392 bits per heavy atom. The Hall–Kier alpha value is -6.35. The molecular weight excluding hydrogens is 1110 g/mol. The van der Waals surface area contributed by atoms with E-state index in [1.54, 1.807) is 0 Å². The molecule has 0 atom stereocenters. The van der Waals surface area contributed by atoms with Gasteiger partial charge in [-0.1, -0.05) is 115 Å². The fourth-order valence-electron chi connectivity index (χ4n) is 11.5. The highest BCUT2D eigenvalue weighted by atomic mass is 32.3. The van der Waals surface area contributed by atoms with Crippen molar-refractivity contribution in [3.05, 3.63) is 232 Å². The summed E-state index contributed by atoms with van der Waals surface area (Å²) in [4.78, 5) is 20.6. The molecule has 0 amide bonds. The van der Waals surface area contributed by atoms with Crippen molar-refractivity contribution in [2.75, 3.05) is 0 Å². The van der Waals surface area contributed by atoms with Crippen LogP contribution < -0.4 is 4.74 Å². The minimum absolute atomic E-state index is 0.0146. The molecule has 4 aliphatic carbocycles. The van der Waals surface area contributed by atoms with Crippen LogP contribution in [0.5, 0.6) is 5.75 Å². The van der Waals surface area contributed by atoms with E-state index in [9.17, 15) is 38.5 Å². The van der Waals surface area contributed by atoms with Gasteiger partial charge in [0.05, 0.1) is 46.8 Å². The zero-order valence-electron chi connectivity index (χ0n) is 43.1. The van der Waals surface area contributed by atoms with Crippen LogP contribution in [0.3, 0.4) is 0 Å². The van der Waals surface area contributed by atoms with E-state index in [1.807, 2.05) is 0 Å². The third kappa shape index (κ3) is 12.2. The zero-order chi connectivity index (χ0) is 55.6.